The summed E-state index contributed by atoms with van der Waals surface area (Å²) < 4.78 is 5.57. The molecular weight excluding hydrogens is 420 g/mol. The third-order valence-electron chi connectivity index (χ3n) is 5.30. The van der Waals surface area contributed by atoms with Crippen LogP contribution in [0.15, 0.2) is 36.7 Å². The number of amides is 1. The molecular formula is C24H30N6O3. The molecule has 0 unspecified atom stereocenters. The normalized spacial score (nSPS) is 13.2. The van der Waals surface area contributed by atoms with Crippen LogP contribution in [0.4, 0.5) is 5.82 Å². The van der Waals surface area contributed by atoms with Crippen LogP contribution in [-0.2, 0) is 4.79 Å². The third-order valence-corrected chi connectivity index (χ3v) is 5.30. The number of benzene rings is 1. The lowest BCUT2D eigenvalue weighted by Crippen LogP contribution is -2.16. The number of aromatic nitrogens is 2. The van der Waals surface area contributed by atoms with Crippen molar-refractivity contribution in [1.29, 1.82) is 0 Å². The largest absolute Gasteiger partial charge is 0.496 e. The van der Waals surface area contributed by atoms with Crippen molar-refractivity contribution in [2.45, 2.75) is 33.6 Å². The Morgan fingerprint density at radius 2 is 1.97 bits per heavy atom. The fraction of sp³-hybridized carbons (Fsp3) is 0.292. The molecule has 1 amide bonds. The number of anilines is 1. The van der Waals surface area contributed by atoms with Crippen LogP contribution in [0, 0.1) is 5.92 Å². The van der Waals surface area contributed by atoms with E-state index < -0.39 is 0 Å². The molecule has 1 aliphatic rings. The molecule has 2 aromatic heterocycles. The van der Waals surface area contributed by atoms with Crippen molar-refractivity contribution in [2.24, 2.45) is 17.5 Å². The van der Waals surface area contributed by atoms with Crippen LogP contribution in [0.3, 0.4) is 0 Å². The fourth-order valence-electron chi connectivity index (χ4n) is 3.47. The number of carbonyl (C=O) groups is 2. The minimum absolute atomic E-state index is 0.0351. The van der Waals surface area contributed by atoms with E-state index >= 15 is 0 Å². The van der Waals surface area contributed by atoms with Crippen molar-refractivity contribution in [3.8, 4) is 17.0 Å². The number of nitrogens with two attached hydrogens (primary N) is 2. The number of ketones is 1. The second-order valence-corrected chi connectivity index (χ2v) is 7.49. The monoisotopic (exact) mass is 450 g/mol. The molecule has 7 N–H and O–H groups in total. The molecule has 4 rings (SSSR count). The maximum Gasteiger partial charge on any atom is 0.228 e. The van der Waals surface area contributed by atoms with E-state index in [1.54, 1.807) is 13.2 Å². The summed E-state index contributed by atoms with van der Waals surface area (Å²) in [7, 11) is 1.57. The average Bonchev–Trinajstić information content (AvgIpc) is 3.58. The van der Waals surface area contributed by atoms with E-state index in [0.29, 0.717) is 33.7 Å². The number of hydrogen-bond acceptors (Lipinski definition) is 7. The standard InChI is InChI=1S/C22H24N6O3.C2H6/c1-11(29)16-9-25-21(28-22(30)12-3-4-12)20-15(16)8-18(27-20)14-6-5-13(7-19(14)31-2)17(23)10-26-24;1-2/h5-10,12,26-27H,3-4,23-24H2,1-2H3,(H,25,28,30);1-2H3/b17-10-;. The lowest BCUT2D eigenvalue weighted by atomic mass is 10.0. The van der Waals surface area contributed by atoms with Gasteiger partial charge in [0.15, 0.2) is 11.6 Å². The molecule has 9 nitrogen and oxygen atoms in total. The van der Waals surface area contributed by atoms with Crippen molar-refractivity contribution in [3.63, 3.8) is 0 Å². The molecule has 0 bridgehead atoms. The number of hydrogen-bond donors (Lipinski definition) is 5. The molecule has 1 aromatic carbocycles. The molecule has 1 aliphatic carbocycles. The number of ether oxygens (including phenoxy) is 1. The Morgan fingerprint density at radius 3 is 2.58 bits per heavy atom. The van der Waals surface area contributed by atoms with Crippen molar-refractivity contribution < 1.29 is 14.3 Å². The van der Waals surface area contributed by atoms with Crippen molar-refractivity contribution in [3.05, 3.63) is 47.8 Å². The highest BCUT2D eigenvalue weighted by Gasteiger charge is 2.30. The number of carbonyl (C=O) groups excluding carboxylic acids is 2. The Kier molecular flexibility index (Phi) is 7.34. The van der Waals surface area contributed by atoms with Gasteiger partial charge in [0.1, 0.15) is 5.75 Å². The Balaban J connectivity index is 0.00000149. The summed E-state index contributed by atoms with van der Waals surface area (Å²) in [6.45, 7) is 5.49. The first-order valence-corrected chi connectivity index (χ1v) is 10.9. The molecule has 3 aromatic rings. The highest BCUT2D eigenvalue weighted by atomic mass is 16.5. The summed E-state index contributed by atoms with van der Waals surface area (Å²) in [6.07, 6.45) is 4.75. The molecule has 2 heterocycles. The molecule has 1 saturated carbocycles. The summed E-state index contributed by atoms with van der Waals surface area (Å²) in [4.78, 5) is 32.1. The van der Waals surface area contributed by atoms with Crippen molar-refractivity contribution in [2.75, 3.05) is 12.4 Å². The minimum atomic E-state index is -0.113. The van der Waals surface area contributed by atoms with Crippen molar-refractivity contribution >= 4 is 34.1 Å². The number of aromatic amines is 1. The fourth-order valence-corrected chi connectivity index (χ4v) is 3.47. The van der Waals surface area contributed by atoms with Gasteiger partial charge in [-0.3, -0.25) is 15.4 Å². The van der Waals surface area contributed by atoms with Crippen LogP contribution in [0.5, 0.6) is 5.75 Å². The molecule has 0 radical (unpaired) electrons. The average molecular weight is 451 g/mol. The molecule has 0 saturated heterocycles. The SMILES string of the molecule is CC.COc1cc(/C(N)=C/NN)ccc1-c1cc2c(C(C)=O)cnc(NC(=O)C3CC3)c2[nH]1. The summed E-state index contributed by atoms with van der Waals surface area (Å²) >= 11 is 0. The quantitative estimate of drug-likeness (QED) is 0.210. The number of nitrogens with one attached hydrogen (secondary N) is 3. The predicted octanol–water partition coefficient (Wildman–Crippen LogP) is 3.54. The zero-order chi connectivity index (χ0) is 24.1. The van der Waals surface area contributed by atoms with Crippen molar-refractivity contribution in [1.82, 2.24) is 15.4 Å². The van der Waals surface area contributed by atoms with Gasteiger partial charge in [-0.05, 0) is 38.0 Å². The van der Waals surface area contributed by atoms with E-state index in [1.165, 1.54) is 19.3 Å². The number of Topliss-reactive ketones (excluding diaryl/α,β-unsaturated/α-hetero) is 1. The summed E-state index contributed by atoms with van der Waals surface area (Å²) in [6, 6.07) is 7.36. The van der Waals surface area contributed by atoms with Gasteiger partial charge < -0.3 is 26.2 Å². The van der Waals surface area contributed by atoms with E-state index in [4.69, 9.17) is 16.3 Å². The highest BCUT2D eigenvalue weighted by Crippen LogP contribution is 2.36. The number of H-pyrrole nitrogens is 1. The Hall–Kier alpha value is -3.85. The first-order valence-electron chi connectivity index (χ1n) is 10.9. The molecule has 9 heteroatoms. The van der Waals surface area contributed by atoms with E-state index in [-0.39, 0.29) is 17.6 Å². The number of fused-ring (bicyclic) bond motifs is 1. The predicted molar refractivity (Wildman–Crippen MR) is 130 cm³/mol. The third kappa shape index (κ3) is 4.98. The van der Waals surface area contributed by atoms with Gasteiger partial charge in [-0.25, -0.2) is 4.98 Å². The van der Waals surface area contributed by atoms with E-state index in [9.17, 15) is 9.59 Å². The Morgan fingerprint density at radius 1 is 1.24 bits per heavy atom. The topological polar surface area (TPSA) is 148 Å². The van der Waals surface area contributed by atoms with Gasteiger partial charge in [0.25, 0.3) is 0 Å². The smallest absolute Gasteiger partial charge is 0.228 e. The Labute approximate surface area is 192 Å². The van der Waals surface area contributed by atoms with Gasteiger partial charge in [0.2, 0.25) is 5.91 Å². The van der Waals surface area contributed by atoms with Crippen LogP contribution in [0.2, 0.25) is 0 Å². The molecule has 0 aliphatic heterocycles. The maximum atomic E-state index is 12.3. The summed E-state index contributed by atoms with van der Waals surface area (Å²) in [5.41, 5.74) is 12.1. The number of pyridine rings is 1. The number of rotatable bonds is 7. The van der Waals surface area contributed by atoms with Gasteiger partial charge in [0.05, 0.1) is 24.0 Å². The first kappa shape index (κ1) is 23.8. The Bertz CT molecular complexity index is 1210. The van der Waals surface area contributed by atoms with Gasteiger partial charge in [0, 0.05) is 40.4 Å². The van der Waals surface area contributed by atoms with E-state index in [0.717, 1.165) is 29.7 Å². The first-order chi connectivity index (χ1) is 15.9. The van der Waals surface area contributed by atoms with Crippen LogP contribution in [0.25, 0.3) is 27.9 Å². The van der Waals surface area contributed by atoms with Gasteiger partial charge in [-0.15, -0.1) is 0 Å². The second kappa shape index (κ2) is 10.2. The van der Waals surface area contributed by atoms with Gasteiger partial charge >= 0.3 is 0 Å². The van der Waals surface area contributed by atoms with Crippen LogP contribution < -0.4 is 27.1 Å². The number of nitrogens with zero attached hydrogens (tertiary/aromatic N) is 1. The van der Waals surface area contributed by atoms with Gasteiger partial charge in [-0.1, -0.05) is 19.9 Å². The van der Waals surface area contributed by atoms with E-state index in [2.05, 4.69) is 20.7 Å². The second-order valence-electron chi connectivity index (χ2n) is 7.49. The molecule has 0 atom stereocenters. The zero-order valence-corrected chi connectivity index (χ0v) is 19.3. The number of methoxy groups -OCH3 is 1. The molecule has 0 spiro atoms. The van der Waals surface area contributed by atoms with E-state index in [1.807, 2.05) is 32.0 Å². The maximum absolute atomic E-state index is 12.3. The number of hydrazine groups is 1. The van der Waals surface area contributed by atoms with Crippen LogP contribution >= 0.6 is 0 Å². The molecule has 1 fully saturated rings. The lowest BCUT2D eigenvalue weighted by Gasteiger charge is -2.10. The zero-order valence-electron chi connectivity index (χ0n) is 19.3. The lowest BCUT2D eigenvalue weighted by molar-refractivity contribution is -0.117. The summed E-state index contributed by atoms with van der Waals surface area (Å²) in [5.74, 6) is 6.15. The highest BCUT2D eigenvalue weighted by molar-refractivity contribution is 6.11. The van der Waals surface area contributed by atoms with Gasteiger partial charge in [-0.2, -0.15) is 0 Å². The van der Waals surface area contributed by atoms with Crippen LogP contribution in [0.1, 0.15) is 49.5 Å². The van der Waals surface area contributed by atoms with Crippen LogP contribution in [-0.4, -0.2) is 28.8 Å². The minimum Gasteiger partial charge on any atom is -0.496 e. The summed E-state index contributed by atoms with van der Waals surface area (Å²) in [5, 5.41) is 3.56. The molecule has 174 valence electrons. The molecule has 33 heavy (non-hydrogen) atoms.